The minimum atomic E-state index is -4.70. The number of ether oxygens (including phenoxy) is 3. The van der Waals surface area contributed by atoms with E-state index in [0.717, 1.165) is 4.90 Å². The highest BCUT2D eigenvalue weighted by molar-refractivity contribution is 7.85. The predicted octanol–water partition coefficient (Wildman–Crippen LogP) is 3.82. The molecule has 1 heterocycles. The molecule has 12 atom stereocenters. The number of nitrogens with one attached hydrogen (secondary N) is 5. The zero-order chi connectivity index (χ0) is 64.2. The van der Waals surface area contributed by atoms with Crippen LogP contribution < -0.4 is 38.1 Å². The van der Waals surface area contributed by atoms with E-state index in [1.165, 1.54) is 44.4 Å². The number of likely N-dealkylation sites (tertiary alicyclic amines) is 1. The molecule has 0 aliphatic carbocycles. The molecule has 26 heteroatoms. The predicted molar refractivity (Wildman–Crippen MR) is 320 cm³/mol. The topological polar surface area (TPSA) is 361 Å². The molecule has 1 fully saturated rings. The van der Waals surface area contributed by atoms with Gasteiger partial charge in [0.1, 0.15) is 30.5 Å². The first-order valence-corrected chi connectivity index (χ1v) is 30.7. The number of benzene rings is 2. The number of primary amides is 1. The van der Waals surface area contributed by atoms with Gasteiger partial charge in [0.2, 0.25) is 35.4 Å². The van der Waals surface area contributed by atoms with Crippen molar-refractivity contribution in [2.24, 2.45) is 41.1 Å². The van der Waals surface area contributed by atoms with Gasteiger partial charge in [0, 0.05) is 47.1 Å². The number of methoxy groups -OCH3 is 2. The van der Waals surface area contributed by atoms with Crippen molar-refractivity contribution >= 4 is 63.4 Å². The minimum Gasteiger partial charge on any atom is -0.445 e. The second kappa shape index (κ2) is 34.0. The number of aliphatic hydroxyl groups is 1. The van der Waals surface area contributed by atoms with Crippen molar-refractivity contribution in [2.75, 3.05) is 46.7 Å². The molecule has 0 radical (unpaired) electrons. The lowest BCUT2D eigenvalue weighted by molar-refractivity contribution is -0.148. The molecule has 0 spiro atoms. The summed E-state index contributed by atoms with van der Waals surface area (Å²) in [6.45, 7) is 17.7. The molecular formula is C59H96N10O15S. The number of likely N-dealkylation sites (N-methyl/N-ethyl adjacent to an activating group) is 2. The Morgan fingerprint density at radius 3 is 2.00 bits per heavy atom. The van der Waals surface area contributed by atoms with E-state index in [1.807, 2.05) is 19.9 Å². The van der Waals surface area contributed by atoms with Crippen LogP contribution in [0.25, 0.3) is 0 Å². The fourth-order valence-electron chi connectivity index (χ4n) is 10.7. The van der Waals surface area contributed by atoms with Crippen molar-refractivity contribution in [1.82, 2.24) is 36.0 Å². The summed E-state index contributed by atoms with van der Waals surface area (Å²) in [6, 6.07) is 6.10. The van der Waals surface area contributed by atoms with Crippen molar-refractivity contribution < 1.29 is 70.6 Å². The first kappa shape index (κ1) is 72.8. The molecule has 9 amide bonds. The quantitative estimate of drug-likeness (QED) is 0.0362. The van der Waals surface area contributed by atoms with Crippen LogP contribution in [0, 0.1) is 29.6 Å². The number of aliphatic hydroxyl groups excluding tert-OH is 1. The largest absolute Gasteiger partial charge is 0.445 e. The summed E-state index contributed by atoms with van der Waals surface area (Å²) in [7, 11) is 1.21. The number of carbonyl (C=O) groups is 8. The van der Waals surface area contributed by atoms with Crippen molar-refractivity contribution in [1.29, 1.82) is 0 Å². The average molecular weight is 1220 g/mol. The van der Waals surface area contributed by atoms with Crippen molar-refractivity contribution in [2.45, 2.75) is 181 Å². The van der Waals surface area contributed by atoms with Gasteiger partial charge in [-0.3, -0.25) is 38.2 Å². The molecule has 1 aliphatic heterocycles. The number of carbonyl (C=O) groups excluding carboxylic acids is 8. The molecule has 25 nitrogen and oxygen atoms in total. The number of nitrogens with zero attached hydrogens (tertiary/aromatic N) is 3. The van der Waals surface area contributed by atoms with E-state index in [2.05, 4.69) is 26.6 Å². The van der Waals surface area contributed by atoms with Crippen LogP contribution in [0.4, 0.5) is 15.3 Å². The number of urea groups is 1. The highest BCUT2D eigenvalue weighted by Crippen LogP contribution is 2.31. The Kier molecular flexibility index (Phi) is 29.2. The number of rotatable bonds is 33. The van der Waals surface area contributed by atoms with Crippen LogP contribution in [0.2, 0.25) is 0 Å². The molecule has 2 aromatic carbocycles. The number of amides is 9. The Labute approximate surface area is 501 Å². The summed E-state index contributed by atoms with van der Waals surface area (Å²) in [6.07, 6.45) is -1.45. The molecule has 0 saturated carbocycles. The molecular weight excluding hydrogens is 1120 g/mol. The van der Waals surface area contributed by atoms with Gasteiger partial charge in [0.05, 0.1) is 54.8 Å². The van der Waals surface area contributed by atoms with E-state index < -0.39 is 137 Å². The normalized spacial score (nSPS) is 17.5. The number of nitrogens with two attached hydrogens (primary N) is 2. The fourth-order valence-corrected chi connectivity index (χ4v) is 11.4. The molecule has 1 aliphatic rings. The Morgan fingerprint density at radius 1 is 0.800 bits per heavy atom. The molecule has 0 bridgehead atoms. The van der Waals surface area contributed by atoms with Gasteiger partial charge in [-0.2, -0.15) is 8.42 Å². The zero-order valence-corrected chi connectivity index (χ0v) is 52.8. The van der Waals surface area contributed by atoms with Crippen LogP contribution in [0.3, 0.4) is 0 Å². The number of hydrogen-bond donors (Lipinski definition) is 9. The molecule has 0 unspecified atom stereocenters. The van der Waals surface area contributed by atoms with Crippen LogP contribution in [0.15, 0.2) is 48.5 Å². The molecule has 3 rings (SSSR count). The third-order valence-electron chi connectivity index (χ3n) is 15.9. The van der Waals surface area contributed by atoms with E-state index >= 15 is 0 Å². The first-order chi connectivity index (χ1) is 39.8. The van der Waals surface area contributed by atoms with Crippen LogP contribution >= 0.6 is 0 Å². The number of hydrogen-bond acceptors (Lipinski definition) is 15. The summed E-state index contributed by atoms with van der Waals surface area (Å²) in [4.78, 5) is 113. The second-order valence-electron chi connectivity index (χ2n) is 23.3. The van der Waals surface area contributed by atoms with Crippen molar-refractivity contribution in [3.63, 3.8) is 0 Å². The van der Waals surface area contributed by atoms with Crippen LogP contribution in [0.5, 0.6) is 0 Å². The number of anilines is 1. The lowest BCUT2D eigenvalue weighted by Crippen LogP contribution is -2.60. The van der Waals surface area contributed by atoms with Gasteiger partial charge in [0.15, 0.2) is 0 Å². The summed E-state index contributed by atoms with van der Waals surface area (Å²) in [5, 5.41) is 24.4. The maximum absolute atomic E-state index is 14.8. The highest BCUT2D eigenvalue weighted by atomic mass is 32.2. The Morgan fingerprint density at radius 2 is 1.45 bits per heavy atom. The standard InChI is InChI=1S/C59H96N10O15S/c1-15-36(8)50(45(82-13)30-46(70)69-28-20-24-44(69)52(83-14)37(9)53(72)63-38(10)51(71)39-21-17-16-18-22-39)67(11)57(76)48(34(4)5)66-56(75)49(35(6)7)68(12)59(78)84-31-40-25-26-42(29-41(40)32-85(79,80)81)64-54(73)43(23-19-27-62-58(61)77)65-55(74)47(60)33(2)3/h16-18,21-22,25-26,29,33-38,43-45,47-52,71H,15,19-20,23-24,27-28,30-32,60H2,1-14H3,(H,63,72)(H,64,73)(H,65,74)(H,66,75)(H3,61,62,77)(H,79,80,81)/t36-,37+,38+,43-,44-,45+,47-,48-,49-,50-,51+,52+/m0/s1. The Hall–Kier alpha value is -6.45. The first-order valence-electron chi connectivity index (χ1n) is 29.1. The van der Waals surface area contributed by atoms with E-state index in [-0.39, 0.29) is 66.3 Å². The van der Waals surface area contributed by atoms with Gasteiger partial charge in [-0.1, -0.05) is 105 Å². The Bertz CT molecular complexity index is 2670. The van der Waals surface area contributed by atoms with Crippen molar-refractivity contribution in [3.8, 4) is 0 Å². The zero-order valence-electron chi connectivity index (χ0n) is 52.0. The van der Waals surface area contributed by atoms with E-state index in [0.29, 0.717) is 31.4 Å². The van der Waals surface area contributed by atoms with Gasteiger partial charge < -0.3 is 67.2 Å². The third kappa shape index (κ3) is 21.5. The van der Waals surface area contributed by atoms with Gasteiger partial charge in [0.25, 0.3) is 10.1 Å². The fraction of sp³-hybridized carbons (Fsp3) is 0.661. The lowest BCUT2D eigenvalue weighted by atomic mass is 9.89. The molecule has 2 aromatic rings. The van der Waals surface area contributed by atoms with Crippen molar-refractivity contribution in [3.05, 3.63) is 65.2 Å². The molecule has 11 N–H and O–H groups in total. The molecule has 0 aromatic heterocycles. The SMILES string of the molecule is CC[C@H](C)[C@@H]([C@@H](CC(=O)N1CCC[C@H]1[C@H](OC)[C@@H](C)C(=O)N[C@H](C)[C@@H](O)c1ccccc1)OC)N(C)C(=O)[C@@H](NC(=O)[C@H](C(C)C)N(C)C(=O)OCc1ccc(NC(=O)[C@H](CCCNC(N)=O)NC(=O)[C@@H](N)C(C)C)cc1CS(=O)(=O)O)C(C)C. The summed E-state index contributed by atoms with van der Waals surface area (Å²) < 4.78 is 52.1. The monoisotopic (exact) mass is 1220 g/mol. The minimum absolute atomic E-state index is 0.0488. The molecule has 85 heavy (non-hydrogen) atoms. The average Bonchev–Trinajstić information content (AvgIpc) is 4.22. The summed E-state index contributed by atoms with van der Waals surface area (Å²) >= 11 is 0. The lowest BCUT2D eigenvalue weighted by Gasteiger charge is -2.41. The summed E-state index contributed by atoms with van der Waals surface area (Å²) in [5.41, 5.74) is 12.0. The third-order valence-corrected chi connectivity index (χ3v) is 16.5. The Balaban J connectivity index is 1.80. The highest BCUT2D eigenvalue weighted by Gasteiger charge is 2.44. The van der Waals surface area contributed by atoms with E-state index in [1.54, 1.807) is 91.6 Å². The van der Waals surface area contributed by atoms with Gasteiger partial charge >= 0.3 is 12.1 Å². The van der Waals surface area contributed by atoms with Gasteiger partial charge in [-0.05, 0) is 85.1 Å². The van der Waals surface area contributed by atoms with Crippen LogP contribution in [-0.2, 0) is 65.5 Å². The summed E-state index contributed by atoms with van der Waals surface area (Å²) in [5.74, 6) is -6.19. The molecule has 1 saturated heterocycles. The van der Waals surface area contributed by atoms with E-state index in [4.69, 9.17) is 25.7 Å². The van der Waals surface area contributed by atoms with E-state index in [9.17, 15) is 56.4 Å². The maximum atomic E-state index is 14.8. The van der Waals surface area contributed by atoms with Crippen LogP contribution in [0.1, 0.15) is 131 Å². The smallest absolute Gasteiger partial charge is 0.410 e. The molecule has 478 valence electrons. The van der Waals surface area contributed by atoms with Gasteiger partial charge in [-0.15, -0.1) is 0 Å². The van der Waals surface area contributed by atoms with Gasteiger partial charge in [-0.25, -0.2) is 9.59 Å². The van der Waals surface area contributed by atoms with Crippen LogP contribution in [-0.4, -0.2) is 176 Å². The maximum Gasteiger partial charge on any atom is 0.410 e. The second-order valence-corrected chi connectivity index (χ2v) is 24.7.